The van der Waals surface area contributed by atoms with Gasteiger partial charge in [-0.3, -0.25) is 4.79 Å². The summed E-state index contributed by atoms with van der Waals surface area (Å²) in [5.41, 5.74) is 1.43. The number of thioether (sulfide) groups is 1. The van der Waals surface area contributed by atoms with Crippen molar-refractivity contribution in [2.75, 3.05) is 18.8 Å². The number of hydrogen-bond donors (Lipinski definition) is 0. The lowest BCUT2D eigenvalue weighted by molar-refractivity contribution is -0.138. The monoisotopic (exact) mass is 600 g/mol. The predicted molar refractivity (Wildman–Crippen MR) is 142 cm³/mol. The maximum absolute atomic E-state index is 12.7. The van der Waals surface area contributed by atoms with Crippen molar-refractivity contribution < 1.29 is 22.8 Å². The summed E-state index contributed by atoms with van der Waals surface area (Å²) >= 11 is 15.3. The predicted octanol–water partition coefficient (Wildman–Crippen LogP) is 7.23. The van der Waals surface area contributed by atoms with Gasteiger partial charge in [0.05, 0.1) is 27.0 Å². The summed E-state index contributed by atoms with van der Waals surface area (Å²) in [5, 5.41) is 8.65. The van der Waals surface area contributed by atoms with E-state index in [0.717, 1.165) is 53.3 Å². The molecule has 1 aromatic carbocycles. The van der Waals surface area contributed by atoms with Crippen LogP contribution in [-0.2, 0) is 15.8 Å². The average molecular weight is 602 g/mol. The summed E-state index contributed by atoms with van der Waals surface area (Å²) in [6.45, 7) is 1.19. The molecule has 13 heteroatoms. The fourth-order valence-corrected chi connectivity index (χ4v) is 6.73. The Labute approximate surface area is 235 Å². The highest BCUT2D eigenvalue weighted by Crippen LogP contribution is 2.39. The van der Waals surface area contributed by atoms with Gasteiger partial charge in [0.15, 0.2) is 6.10 Å². The number of thiazole rings is 1. The Bertz CT molecular complexity index is 1320. The Kier molecular flexibility index (Phi) is 8.18. The van der Waals surface area contributed by atoms with Gasteiger partial charge >= 0.3 is 6.18 Å². The lowest BCUT2D eigenvalue weighted by atomic mass is 9.97. The molecule has 3 aromatic rings. The minimum Gasteiger partial charge on any atom is -0.387 e. The van der Waals surface area contributed by atoms with Crippen LogP contribution >= 0.6 is 46.3 Å². The number of aromatic nitrogens is 2. The summed E-state index contributed by atoms with van der Waals surface area (Å²) in [4.78, 5) is 28.7. The fraction of sp³-hybridized carbons (Fsp3) is 0.360. The first-order valence-corrected chi connectivity index (χ1v) is 14.4. The highest BCUT2D eigenvalue weighted by molar-refractivity contribution is 7.99. The minimum atomic E-state index is -4.43. The molecule has 38 heavy (non-hydrogen) atoms. The number of hydrogen-bond acceptors (Lipinski definition) is 7. The highest BCUT2D eigenvalue weighted by atomic mass is 35.5. The SMILES string of the molecule is O=C(CSc1ccc(C(F)(F)F)cn1)N1CCC(c2nc(C3=NOC(c4c(Cl)cccc4Cl)C3)cs2)CC1. The molecule has 1 unspecified atom stereocenters. The average Bonchev–Trinajstić information content (AvgIpc) is 3.57. The fourth-order valence-electron chi connectivity index (χ4n) is 4.35. The van der Waals surface area contributed by atoms with Crippen LogP contribution in [0.5, 0.6) is 0 Å². The van der Waals surface area contributed by atoms with Crippen molar-refractivity contribution in [2.45, 2.75) is 42.5 Å². The Hall–Kier alpha value is -2.34. The molecule has 0 N–H and O–H groups in total. The van der Waals surface area contributed by atoms with E-state index in [0.29, 0.717) is 40.1 Å². The van der Waals surface area contributed by atoms with Gasteiger partial charge in [-0.2, -0.15) is 13.2 Å². The third-order valence-electron chi connectivity index (χ3n) is 6.41. The van der Waals surface area contributed by atoms with Crippen molar-refractivity contribution in [2.24, 2.45) is 5.16 Å². The van der Waals surface area contributed by atoms with Crippen molar-refractivity contribution in [3.05, 3.63) is 73.8 Å². The van der Waals surface area contributed by atoms with Crippen LogP contribution in [0.1, 0.15) is 53.1 Å². The Balaban J connectivity index is 1.11. The molecule has 0 bridgehead atoms. The Morgan fingerprint density at radius 2 is 1.89 bits per heavy atom. The van der Waals surface area contributed by atoms with Crippen molar-refractivity contribution in [1.29, 1.82) is 0 Å². The number of amides is 1. The second-order valence-corrected chi connectivity index (χ2v) is 11.6. The lowest BCUT2D eigenvalue weighted by Gasteiger charge is -2.31. The summed E-state index contributed by atoms with van der Waals surface area (Å²) in [6, 6.07) is 7.59. The molecule has 1 amide bonds. The number of likely N-dealkylation sites (tertiary alicyclic amines) is 1. The molecule has 6 nitrogen and oxygen atoms in total. The number of alkyl halides is 3. The van der Waals surface area contributed by atoms with Gasteiger partial charge in [-0.1, -0.05) is 46.2 Å². The van der Waals surface area contributed by atoms with Crippen LogP contribution in [0.2, 0.25) is 10.0 Å². The van der Waals surface area contributed by atoms with Crippen LogP contribution in [0.15, 0.2) is 52.1 Å². The molecule has 200 valence electrons. The largest absolute Gasteiger partial charge is 0.417 e. The summed E-state index contributed by atoms with van der Waals surface area (Å²) in [6.07, 6.45) is -1.92. The van der Waals surface area contributed by atoms with Crippen LogP contribution in [0, 0.1) is 0 Å². The summed E-state index contributed by atoms with van der Waals surface area (Å²) in [5.74, 6) is 0.302. The standard InChI is InChI=1S/C25H21Cl2F3N4O2S2/c26-16-2-1-3-17(27)23(16)20-10-18(33-36-20)19-12-38-24(32-19)14-6-8-34(9-7-14)22(35)13-37-21-5-4-15(11-31-21)25(28,29)30/h1-5,11-12,14,20H,6-10,13H2. The number of carbonyl (C=O) groups excluding carboxylic acids is 1. The van der Waals surface area contributed by atoms with Crippen molar-refractivity contribution in [1.82, 2.24) is 14.9 Å². The van der Waals surface area contributed by atoms with E-state index in [9.17, 15) is 18.0 Å². The molecule has 2 aromatic heterocycles. The van der Waals surface area contributed by atoms with Crippen LogP contribution in [-0.4, -0.2) is 45.3 Å². The van der Waals surface area contributed by atoms with E-state index >= 15 is 0 Å². The number of oxime groups is 1. The normalized spacial score (nSPS) is 18.4. The minimum absolute atomic E-state index is 0.0586. The molecule has 0 spiro atoms. The van der Waals surface area contributed by atoms with Crippen LogP contribution < -0.4 is 0 Å². The number of benzene rings is 1. The van der Waals surface area contributed by atoms with Gasteiger partial charge in [0.25, 0.3) is 0 Å². The number of halogens is 5. The molecule has 1 fully saturated rings. The molecule has 1 saturated heterocycles. The molecular weight excluding hydrogens is 580 g/mol. The van der Waals surface area contributed by atoms with Crippen molar-refractivity contribution in [3.8, 4) is 0 Å². The van der Waals surface area contributed by atoms with E-state index in [-0.39, 0.29) is 23.7 Å². The first-order chi connectivity index (χ1) is 18.2. The Morgan fingerprint density at radius 3 is 2.55 bits per heavy atom. The third-order valence-corrected chi connectivity index (χ3v) is 9.01. The molecule has 0 radical (unpaired) electrons. The van der Waals surface area contributed by atoms with Gasteiger partial charge < -0.3 is 9.74 Å². The zero-order valence-corrected chi connectivity index (χ0v) is 22.9. The zero-order chi connectivity index (χ0) is 26.9. The summed E-state index contributed by atoms with van der Waals surface area (Å²) < 4.78 is 38.1. The van der Waals surface area contributed by atoms with E-state index in [2.05, 4.69) is 10.1 Å². The number of piperidine rings is 1. The quantitative estimate of drug-likeness (QED) is 0.279. The van der Waals surface area contributed by atoms with E-state index in [1.807, 2.05) is 5.38 Å². The van der Waals surface area contributed by atoms with Crippen molar-refractivity contribution in [3.63, 3.8) is 0 Å². The first kappa shape index (κ1) is 27.2. The van der Waals surface area contributed by atoms with Gasteiger partial charge in [0.1, 0.15) is 5.71 Å². The molecular formula is C25H21Cl2F3N4O2S2. The molecule has 2 aliphatic rings. The highest BCUT2D eigenvalue weighted by Gasteiger charge is 2.32. The number of pyridine rings is 1. The van der Waals surface area contributed by atoms with Crippen LogP contribution in [0.3, 0.4) is 0 Å². The van der Waals surface area contributed by atoms with E-state index in [1.165, 1.54) is 6.07 Å². The molecule has 1 atom stereocenters. The van der Waals surface area contributed by atoms with E-state index < -0.39 is 11.7 Å². The molecule has 5 rings (SSSR count). The first-order valence-electron chi connectivity index (χ1n) is 11.7. The maximum atomic E-state index is 12.7. The molecule has 0 saturated carbocycles. The van der Waals surface area contributed by atoms with Crippen molar-refractivity contribution >= 4 is 57.9 Å². The van der Waals surface area contributed by atoms with Gasteiger partial charge in [-0.05, 0) is 37.1 Å². The van der Waals surface area contributed by atoms with Gasteiger partial charge in [0.2, 0.25) is 5.91 Å². The second-order valence-electron chi connectivity index (χ2n) is 8.87. The van der Waals surface area contributed by atoms with Crippen LogP contribution in [0.4, 0.5) is 13.2 Å². The second kappa shape index (κ2) is 11.4. The lowest BCUT2D eigenvalue weighted by Crippen LogP contribution is -2.38. The topological polar surface area (TPSA) is 67.7 Å². The summed E-state index contributed by atoms with van der Waals surface area (Å²) in [7, 11) is 0. The third kappa shape index (κ3) is 6.11. The van der Waals surface area contributed by atoms with Gasteiger partial charge in [-0.25, -0.2) is 9.97 Å². The van der Waals surface area contributed by atoms with Gasteiger partial charge in [0, 0.05) is 52.6 Å². The molecule has 0 aliphatic carbocycles. The zero-order valence-electron chi connectivity index (χ0n) is 19.8. The number of rotatable bonds is 6. The van der Waals surface area contributed by atoms with Gasteiger partial charge in [-0.15, -0.1) is 11.3 Å². The smallest absolute Gasteiger partial charge is 0.387 e. The van der Waals surface area contributed by atoms with E-state index in [1.54, 1.807) is 34.4 Å². The van der Waals surface area contributed by atoms with E-state index in [4.69, 9.17) is 33.0 Å². The Morgan fingerprint density at radius 1 is 1.16 bits per heavy atom. The molecule has 2 aliphatic heterocycles. The maximum Gasteiger partial charge on any atom is 0.417 e. The number of carbonyl (C=O) groups is 1. The van der Waals surface area contributed by atoms with Crippen LogP contribution in [0.25, 0.3) is 0 Å². The molecule has 4 heterocycles. The number of nitrogens with zero attached hydrogens (tertiary/aromatic N) is 4.